The van der Waals surface area contributed by atoms with Crippen molar-refractivity contribution in [1.29, 1.82) is 0 Å². The van der Waals surface area contributed by atoms with Crippen LogP contribution in [0.4, 0.5) is 8.78 Å². The lowest BCUT2D eigenvalue weighted by Gasteiger charge is -2.27. The van der Waals surface area contributed by atoms with Crippen LogP contribution in [0.25, 0.3) is 0 Å². The fraction of sp³-hybridized carbons (Fsp3) is 0.350. The molecule has 0 aromatic heterocycles. The topological polar surface area (TPSA) is 46.3 Å². The Bertz CT molecular complexity index is 778. The van der Waals surface area contributed by atoms with E-state index in [0.717, 1.165) is 29.8 Å². The summed E-state index contributed by atoms with van der Waals surface area (Å²) in [5.74, 6) is -1.06. The summed E-state index contributed by atoms with van der Waals surface area (Å²) in [6, 6.07) is 12.8. The molecule has 2 N–H and O–H groups in total. The number of carbonyl (C=O) groups excluding carboxylic acids is 1. The first-order chi connectivity index (χ1) is 12.5. The van der Waals surface area contributed by atoms with Crippen molar-refractivity contribution in [3.63, 3.8) is 0 Å². The molecule has 3 atom stereocenters. The molecule has 27 heavy (non-hydrogen) atoms. The number of hydrogen-bond acceptors (Lipinski definition) is 3. The molecule has 1 fully saturated rings. The number of nitrogens with two attached hydrogens (primary N) is 1. The lowest BCUT2D eigenvalue weighted by atomic mass is 10.1. The molecule has 1 aliphatic heterocycles. The third kappa shape index (κ3) is 5.00. The van der Waals surface area contributed by atoms with Gasteiger partial charge in [0.2, 0.25) is 5.91 Å². The molecule has 0 saturated carbocycles. The summed E-state index contributed by atoms with van der Waals surface area (Å²) in [5.41, 5.74) is 6.58. The van der Waals surface area contributed by atoms with Crippen molar-refractivity contribution in [1.82, 2.24) is 4.90 Å². The van der Waals surface area contributed by atoms with Crippen molar-refractivity contribution in [2.24, 2.45) is 11.7 Å². The van der Waals surface area contributed by atoms with Gasteiger partial charge in [0.15, 0.2) is 0 Å². The second kappa shape index (κ2) is 9.53. The van der Waals surface area contributed by atoms with Gasteiger partial charge in [0.1, 0.15) is 16.9 Å². The Morgan fingerprint density at radius 1 is 1.26 bits per heavy atom. The summed E-state index contributed by atoms with van der Waals surface area (Å²) in [5, 5.41) is -0.588. The Labute approximate surface area is 168 Å². The maximum absolute atomic E-state index is 14.2. The standard InChI is InChI=1S/C20H22F2N2OS.ClH/c1-13-9-14(11-23)12-24(13)20(25)19(15-5-3-2-4-6-15)26-18-8-7-16(21)10-17(18)22;/h2-8,10,13-14,19H,9,11-12,23H2,1H3;1H. The van der Waals surface area contributed by atoms with Gasteiger partial charge in [-0.1, -0.05) is 30.3 Å². The highest BCUT2D eigenvalue weighted by molar-refractivity contribution is 8.00. The zero-order valence-corrected chi connectivity index (χ0v) is 16.6. The molecule has 1 heterocycles. The second-order valence-electron chi connectivity index (χ2n) is 6.66. The van der Waals surface area contributed by atoms with Crippen LogP contribution in [0.15, 0.2) is 53.4 Å². The SMILES string of the molecule is CC1CC(CN)CN1C(=O)C(Sc1ccc(F)cc1F)c1ccccc1.Cl. The fourth-order valence-corrected chi connectivity index (χ4v) is 4.46. The van der Waals surface area contributed by atoms with Crippen molar-refractivity contribution in [3.05, 3.63) is 65.7 Å². The Morgan fingerprint density at radius 2 is 1.96 bits per heavy atom. The van der Waals surface area contributed by atoms with Crippen molar-refractivity contribution >= 4 is 30.1 Å². The molecule has 2 aromatic carbocycles. The maximum Gasteiger partial charge on any atom is 0.240 e. The highest BCUT2D eigenvalue weighted by Crippen LogP contribution is 2.39. The van der Waals surface area contributed by atoms with Gasteiger partial charge in [-0.3, -0.25) is 4.79 Å². The van der Waals surface area contributed by atoms with Crippen molar-refractivity contribution in [2.75, 3.05) is 13.1 Å². The van der Waals surface area contributed by atoms with E-state index in [1.165, 1.54) is 12.1 Å². The first kappa shape index (κ1) is 21.7. The number of halogens is 3. The number of likely N-dealkylation sites (tertiary alicyclic amines) is 1. The van der Waals surface area contributed by atoms with Crippen molar-refractivity contribution in [2.45, 2.75) is 29.5 Å². The van der Waals surface area contributed by atoms with Crippen LogP contribution in [0.2, 0.25) is 0 Å². The van der Waals surface area contributed by atoms with E-state index in [1.54, 1.807) is 0 Å². The minimum atomic E-state index is -0.655. The zero-order chi connectivity index (χ0) is 18.7. The van der Waals surface area contributed by atoms with Gasteiger partial charge in [-0.05, 0) is 43.5 Å². The van der Waals surface area contributed by atoms with Crippen LogP contribution in [0.3, 0.4) is 0 Å². The second-order valence-corrected chi connectivity index (χ2v) is 7.81. The average Bonchev–Trinajstić information content (AvgIpc) is 3.02. The largest absolute Gasteiger partial charge is 0.338 e. The zero-order valence-electron chi connectivity index (χ0n) is 15.0. The molecule has 1 amide bonds. The van der Waals surface area contributed by atoms with Gasteiger partial charge in [0.05, 0.1) is 0 Å². The number of nitrogens with zero attached hydrogens (tertiary/aromatic N) is 1. The number of hydrogen-bond donors (Lipinski definition) is 1. The molecule has 7 heteroatoms. The molecule has 1 aliphatic rings. The van der Waals surface area contributed by atoms with Gasteiger partial charge in [0, 0.05) is 23.5 Å². The van der Waals surface area contributed by atoms with E-state index in [2.05, 4.69) is 0 Å². The monoisotopic (exact) mass is 412 g/mol. The van der Waals surface area contributed by atoms with Gasteiger partial charge >= 0.3 is 0 Å². The lowest BCUT2D eigenvalue weighted by Crippen LogP contribution is -2.37. The highest BCUT2D eigenvalue weighted by atomic mass is 35.5. The van der Waals surface area contributed by atoms with Crippen LogP contribution in [0.1, 0.15) is 24.2 Å². The van der Waals surface area contributed by atoms with E-state index in [4.69, 9.17) is 5.73 Å². The Morgan fingerprint density at radius 3 is 2.56 bits per heavy atom. The summed E-state index contributed by atoms with van der Waals surface area (Å²) in [4.78, 5) is 15.4. The number of amides is 1. The van der Waals surface area contributed by atoms with E-state index >= 15 is 0 Å². The van der Waals surface area contributed by atoms with Gasteiger partial charge in [0.25, 0.3) is 0 Å². The van der Waals surface area contributed by atoms with E-state index in [1.807, 2.05) is 42.2 Å². The van der Waals surface area contributed by atoms with E-state index in [-0.39, 0.29) is 35.2 Å². The summed E-state index contributed by atoms with van der Waals surface area (Å²) < 4.78 is 27.4. The molecular formula is C20H23ClF2N2OS. The molecule has 0 spiro atoms. The smallest absolute Gasteiger partial charge is 0.240 e. The van der Waals surface area contributed by atoms with Crippen LogP contribution >= 0.6 is 24.2 Å². The number of thioether (sulfide) groups is 1. The summed E-state index contributed by atoms with van der Waals surface area (Å²) in [7, 11) is 0. The normalized spacial score (nSPS) is 20.2. The van der Waals surface area contributed by atoms with Gasteiger partial charge in [-0.25, -0.2) is 8.78 Å². The summed E-state index contributed by atoms with van der Waals surface area (Å²) in [6.07, 6.45) is 0.874. The molecule has 3 rings (SSSR count). The fourth-order valence-electron chi connectivity index (χ4n) is 3.36. The highest BCUT2D eigenvalue weighted by Gasteiger charge is 2.36. The average molecular weight is 413 g/mol. The maximum atomic E-state index is 14.2. The predicted octanol–water partition coefficient (Wildman–Crippen LogP) is 4.42. The van der Waals surface area contributed by atoms with Crippen LogP contribution in [-0.2, 0) is 4.79 Å². The van der Waals surface area contributed by atoms with Gasteiger partial charge in [-0.2, -0.15) is 0 Å². The van der Waals surface area contributed by atoms with E-state index in [9.17, 15) is 13.6 Å². The first-order valence-electron chi connectivity index (χ1n) is 8.66. The van der Waals surface area contributed by atoms with E-state index < -0.39 is 16.9 Å². The first-order valence-corrected chi connectivity index (χ1v) is 9.54. The Kier molecular flexibility index (Phi) is 7.65. The van der Waals surface area contributed by atoms with Crippen molar-refractivity contribution in [3.8, 4) is 0 Å². The molecule has 0 bridgehead atoms. The molecule has 1 saturated heterocycles. The molecule has 2 aromatic rings. The molecule has 146 valence electrons. The quantitative estimate of drug-likeness (QED) is 0.739. The number of benzene rings is 2. The molecular weight excluding hydrogens is 390 g/mol. The Hall–Kier alpha value is -1.63. The van der Waals surface area contributed by atoms with Gasteiger partial charge in [-0.15, -0.1) is 24.2 Å². The molecule has 0 aliphatic carbocycles. The van der Waals surface area contributed by atoms with Crippen LogP contribution in [0.5, 0.6) is 0 Å². The third-order valence-corrected chi connectivity index (χ3v) is 6.04. The van der Waals surface area contributed by atoms with Crippen molar-refractivity contribution < 1.29 is 13.6 Å². The van der Waals surface area contributed by atoms with E-state index in [0.29, 0.717) is 13.1 Å². The predicted molar refractivity (Wildman–Crippen MR) is 107 cm³/mol. The van der Waals surface area contributed by atoms with Crippen LogP contribution < -0.4 is 5.73 Å². The summed E-state index contributed by atoms with van der Waals surface area (Å²) in [6.45, 7) is 3.18. The van der Waals surface area contributed by atoms with Crippen LogP contribution in [0, 0.1) is 17.6 Å². The summed E-state index contributed by atoms with van der Waals surface area (Å²) >= 11 is 1.12. The number of rotatable bonds is 5. The Balaban J connectivity index is 0.00000261. The minimum absolute atomic E-state index is 0. The molecule has 3 nitrogen and oxygen atoms in total. The molecule has 3 unspecified atom stereocenters. The minimum Gasteiger partial charge on any atom is -0.338 e. The third-order valence-electron chi connectivity index (χ3n) is 4.74. The van der Waals surface area contributed by atoms with Gasteiger partial charge < -0.3 is 10.6 Å². The molecule has 0 radical (unpaired) electrons. The van der Waals surface area contributed by atoms with Crippen LogP contribution in [-0.4, -0.2) is 29.9 Å². The number of carbonyl (C=O) groups is 1. The lowest BCUT2D eigenvalue weighted by molar-refractivity contribution is -0.131.